The highest BCUT2D eigenvalue weighted by Crippen LogP contribution is 2.42. The Morgan fingerprint density at radius 3 is 2.88 bits per heavy atom. The summed E-state index contributed by atoms with van der Waals surface area (Å²) in [6.45, 7) is 6.63. The van der Waals surface area contributed by atoms with Gasteiger partial charge in [0.15, 0.2) is 10.8 Å². The van der Waals surface area contributed by atoms with Crippen molar-refractivity contribution in [1.82, 2.24) is 24.6 Å². The monoisotopic (exact) mass is 475 g/mol. The van der Waals surface area contributed by atoms with E-state index in [0.29, 0.717) is 19.1 Å². The van der Waals surface area contributed by atoms with Crippen molar-refractivity contribution in [3.05, 3.63) is 35.0 Å². The molecule has 0 unspecified atom stereocenters. The van der Waals surface area contributed by atoms with Crippen LogP contribution in [0.2, 0.25) is 0 Å². The molecule has 0 saturated carbocycles. The molecule has 1 fully saturated rings. The number of ether oxygens (including phenoxy) is 1. The molecule has 5 rings (SSSR count). The predicted molar refractivity (Wildman–Crippen MR) is 122 cm³/mol. The predicted octanol–water partition coefficient (Wildman–Crippen LogP) is 2.87. The number of likely N-dealkylation sites (tertiary alicyclic amines) is 1. The van der Waals surface area contributed by atoms with Gasteiger partial charge in [0.2, 0.25) is 0 Å². The van der Waals surface area contributed by atoms with Crippen molar-refractivity contribution in [3.8, 4) is 27.8 Å². The van der Waals surface area contributed by atoms with Gasteiger partial charge < -0.3 is 9.64 Å². The second kappa shape index (κ2) is 8.22. The molecule has 1 aromatic carbocycles. The number of thiazole rings is 1. The third-order valence-electron chi connectivity index (χ3n) is 5.89. The standard InChI is InChI=1S/C21H25N5O4S2/c1-13(2)26-20(22-12-23-26)21-24-19-16-4-3-14(9-17(16)30-7-5-18(19)31-21)15-10-25(11-15)6-8-32(27,28)29/h3-4,9,12-13,15H,5-8,10-11H2,1-2H3,(H,27,28,29). The quantitative estimate of drug-likeness (QED) is 0.542. The average molecular weight is 476 g/mol. The second-order valence-corrected chi connectivity index (χ2v) is 11.2. The van der Waals surface area contributed by atoms with E-state index in [9.17, 15) is 8.42 Å². The summed E-state index contributed by atoms with van der Waals surface area (Å²) in [4.78, 5) is 12.6. The summed E-state index contributed by atoms with van der Waals surface area (Å²) in [5.74, 6) is 1.71. The first kappa shape index (κ1) is 21.5. The highest BCUT2D eigenvalue weighted by molar-refractivity contribution is 7.85. The minimum Gasteiger partial charge on any atom is -0.492 e. The van der Waals surface area contributed by atoms with Gasteiger partial charge in [-0.2, -0.15) is 13.5 Å². The van der Waals surface area contributed by atoms with Crippen LogP contribution in [0.5, 0.6) is 5.75 Å². The molecule has 2 aliphatic heterocycles. The molecule has 2 aromatic heterocycles. The molecule has 11 heteroatoms. The fourth-order valence-corrected chi connectivity index (χ4v) is 5.71. The molecule has 3 aromatic rings. The van der Waals surface area contributed by atoms with E-state index in [1.54, 1.807) is 17.7 Å². The normalized spacial score (nSPS) is 16.9. The van der Waals surface area contributed by atoms with Crippen LogP contribution in [0, 0.1) is 0 Å². The summed E-state index contributed by atoms with van der Waals surface area (Å²) in [5, 5.41) is 5.20. The largest absolute Gasteiger partial charge is 0.492 e. The third-order valence-corrected chi connectivity index (χ3v) is 7.70. The molecule has 0 bridgehead atoms. The Bertz CT molecular complexity index is 1240. The highest BCUT2D eigenvalue weighted by Gasteiger charge is 2.30. The summed E-state index contributed by atoms with van der Waals surface area (Å²) < 4.78 is 38.8. The highest BCUT2D eigenvalue weighted by atomic mass is 32.2. The van der Waals surface area contributed by atoms with E-state index < -0.39 is 10.1 Å². The number of nitrogens with zero attached hydrogens (tertiary/aromatic N) is 5. The van der Waals surface area contributed by atoms with E-state index in [1.807, 2.05) is 9.58 Å². The fourth-order valence-electron chi connectivity index (χ4n) is 4.18. The first-order chi connectivity index (χ1) is 15.3. The van der Waals surface area contributed by atoms with Crippen LogP contribution >= 0.6 is 11.3 Å². The Balaban J connectivity index is 1.37. The minimum atomic E-state index is -3.92. The molecule has 9 nitrogen and oxygen atoms in total. The average Bonchev–Trinajstić information content (AvgIpc) is 3.30. The maximum atomic E-state index is 10.9. The molecule has 0 spiro atoms. The lowest BCUT2D eigenvalue weighted by atomic mass is 9.90. The van der Waals surface area contributed by atoms with Gasteiger partial charge in [-0.3, -0.25) is 4.55 Å². The SMILES string of the molecule is CC(C)n1ncnc1-c1nc2c(s1)CCOc1cc(C3CN(CCS(=O)(=O)O)C3)ccc1-2. The first-order valence-electron chi connectivity index (χ1n) is 10.6. The molecule has 0 amide bonds. The Labute approximate surface area is 190 Å². The van der Waals surface area contributed by atoms with Gasteiger partial charge in [-0.05, 0) is 31.5 Å². The van der Waals surface area contributed by atoms with E-state index in [1.165, 1.54) is 10.4 Å². The third kappa shape index (κ3) is 4.17. The van der Waals surface area contributed by atoms with Crippen molar-refractivity contribution in [3.63, 3.8) is 0 Å². The molecule has 0 aliphatic carbocycles. The van der Waals surface area contributed by atoms with E-state index in [4.69, 9.17) is 14.3 Å². The number of benzene rings is 1. The maximum absolute atomic E-state index is 10.9. The van der Waals surface area contributed by atoms with Crippen molar-refractivity contribution in [1.29, 1.82) is 0 Å². The summed E-state index contributed by atoms with van der Waals surface area (Å²) in [6.07, 6.45) is 2.36. The Morgan fingerprint density at radius 2 is 2.12 bits per heavy atom. The number of aromatic nitrogens is 4. The zero-order chi connectivity index (χ0) is 22.5. The summed E-state index contributed by atoms with van der Waals surface area (Å²) in [7, 11) is -3.92. The van der Waals surface area contributed by atoms with E-state index in [-0.39, 0.29) is 11.8 Å². The molecule has 170 valence electrons. The van der Waals surface area contributed by atoms with Crippen LogP contribution in [0.15, 0.2) is 24.5 Å². The Kier molecular flexibility index (Phi) is 5.52. The molecule has 2 aliphatic rings. The Hall–Kier alpha value is -2.34. The van der Waals surface area contributed by atoms with Crippen LogP contribution in [0.4, 0.5) is 0 Å². The van der Waals surface area contributed by atoms with Gasteiger partial charge in [0.1, 0.15) is 12.1 Å². The minimum absolute atomic E-state index is 0.203. The molecular formula is C21H25N5O4S2. The lowest BCUT2D eigenvalue weighted by Crippen LogP contribution is -2.46. The number of hydrogen-bond acceptors (Lipinski definition) is 8. The van der Waals surface area contributed by atoms with Crippen LogP contribution < -0.4 is 4.74 Å². The number of hydrogen-bond donors (Lipinski definition) is 1. The zero-order valence-corrected chi connectivity index (χ0v) is 19.6. The van der Waals surface area contributed by atoms with Crippen LogP contribution in [0.1, 0.15) is 36.2 Å². The molecule has 4 heterocycles. The van der Waals surface area contributed by atoms with Gasteiger partial charge in [0.25, 0.3) is 10.1 Å². The van der Waals surface area contributed by atoms with Gasteiger partial charge in [0.05, 0.1) is 18.1 Å². The van der Waals surface area contributed by atoms with Crippen molar-refractivity contribution < 1.29 is 17.7 Å². The van der Waals surface area contributed by atoms with Gasteiger partial charge in [-0.15, -0.1) is 11.3 Å². The van der Waals surface area contributed by atoms with Gasteiger partial charge in [-0.25, -0.2) is 14.6 Å². The van der Waals surface area contributed by atoms with E-state index >= 15 is 0 Å². The van der Waals surface area contributed by atoms with Crippen LogP contribution in [-0.4, -0.2) is 69.6 Å². The number of fused-ring (bicyclic) bond motifs is 3. The second-order valence-electron chi connectivity index (χ2n) is 8.51. The van der Waals surface area contributed by atoms with Gasteiger partial charge in [-0.1, -0.05) is 6.07 Å². The van der Waals surface area contributed by atoms with Crippen LogP contribution in [-0.2, 0) is 16.5 Å². The maximum Gasteiger partial charge on any atom is 0.266 e. The van der Waals surface area contributed by atoms with E-state index in [2.05, 4.69) is 42.1 Å². The van der Waals surface area contributed by atoms with Crippen molar-refractivity contribution in [2.45, 2.75) is 32.2 Å². The summed E-state index contributed by atoms with van der Waals surface area (Å²) in [5.41, 5.74) is 3.11. The van der Waals surface area contributed by atoms with Crippen molar-refractivity contribution >= 4 is 21.5 Å². The summed E-state index contributed by atoms with van der Waals surface area (Å²) in [6, 6.07) is 6.48. The molecular weight excluding hydrogens is 450 g/mol. The van der Waals surface area contributed by atoms with Crippen LogP contribution in [0.3, 0.4) is 0 Å². The smallest absolute Gasteiger partial charge is 0.266 e. The fraction of sp³-hybridized carbons (Fsp3) is 0.476. The van der Waals surface area contributed by atoms with Crippen molar-refractivity contribution in [2.24, 2.45) is 0 Å². The lowest BCUT2D eigenvalue weighted by Gasteiger charge is -2.39. The van der Waals surface area contributed by atoms with Crippen molar-refractivity contribution in [2.75, 3.05) is 32.0 Å². The Morgan fingerprint density at radius 1 is 1.31 bits per heavy atom. The topological polar surface area (TPSA) is 110 Å². The molecule has 1 saturated heterocycles. The zero-order valence-electron chi connectivity index (χ0n) is 17.9. The van der Waals surface area contributed by atoms with Crippen LogP contribution in [0.25, 0.3) is 22.1 Å². The molecule has 0 atom stereocenters. The van der Waals surface area contributed by atoms with E-state index in [0.717, 1.165) is 47.3 Å². The van der Waals surface area contributed by atoms with Gasteiger partial charge in [0, 0.05) is 48.5 Å². The summed E-state index contributed by atoms with van der Waals surface area (Å²) >= 11 is 1.64. The van der Waals surface area contributed by atoms with Gasteiger partial charge >= 0.3 is 0 Å². The lowest BCUT2D eigenvalue weighted by molar-refractivity contribution is 0.157. The number of rotatable bonds is 6. The molecule has 1 N–H and O–H groups in total. The molecule has 32 heavy (non-hydrogen) atoms. The first-order valence-corrected chi connectivity index (χ1v) is 13.1. The molecule has 0 radical (unpaired) electrons.